The molecule has 3 aromatic carbocycles. The van der Waals surface area contributed by atoms with Crippen LogP contribution in [0.15, 0.2) is 76.1 Å². The lowest BCUT2D eigenvalue weighted by atomic mass is 10.1. The van der Waals surface area contributed by atoms with E-state index < -0.39 is 0 Å². The average Bonchev–Trinajstić information content (AvgIpc) is 3.22. The maximum absolute atomic E-state index is 9.96. The van der Waals surface area contributed by atoms with E-state index in [0.717, 1.165) is 17.0 Å². The summed E-state index contributed by atoms with van der Waals surface area (Å²) in [7, 11) is 1.62. The predicted octanol–water partition coefficient (Wildman–Crippen LogP) is 4.78. The standard InChI is InChI=1S/C23H17NO5/c1-26-17-4-2-3-15(10-17)24-19-12-22(29-20-8-6-16(25)11-18(19)20)14-5-7-21-23(9-14)28-13-27-21/h2-12,25H,13H2,1H3. The average molecular weight is 387 g/mol. The molecule has 0 radical (unpaired) electrons. The van der Waals surface area contributed by atoms with Gasteiger partial charge in [-0.2, -0.15) is 0 Å². The molecule has 0 amide bonds. The number of ether oxygens (including phenoxy) is 3. The Balaban J connectivity index is 1.73. The molecule has 4 aromatic rings. The van der Waals surface area contributed by atoms with Crippen LogP contribution >= 0.6 is 0 Å². The molecule has 5 rings (SSSR count). The molecule has 1 aliphatic rings. The first-order valence-corrected chi connectivity index (χ1v) is 9.05. The fourth-order valence-corrected chi connectivity index (χ4v) is 3.26. The highest BCUT2D eigenvalue weighted by Crippen LogP contribution is 2.36. The minimum absolute atomic E-state index is 0.144. The fraction of sp³-hybridized carbons (Fsp3) is 0.0870. The van der Waals surface area contributed by atoms with Gasteiger partial charge in [-0.05, 0) is 48.5 Å². The van der Waals surface area contributed by atoms with Crippen molar-refractivity contribution in [2.24, 2.45) is 4.99 Å². The van der Waals surface area contributed by atoms with Crippen molar-refractivity contribution in [1.29, 1.82) is 0 Å². The van der Waals surface area contributed by atoms with Crippen LogP contribution in [0.25, 0.3) is 22.3 Å². The number of phenolic OH excluding ortho intramolecular Hbond substituents is 1. The van der Waals surface area contributed by atoms with Crippen LogP contribution in [0.3, 0.4) is 0 Å². The topological polar surface area (TPSA) is 73.4 Å². The van der Waals surface area contributed by atoms with E-state index in [2.05, 4.69) is 0 Å². The molecule has 0 saturated carbocycles. The third-order valence-corrected chi connectivity index (χ3v) is 4.69. The molecule has 1 aliphatic heterocycles. The van der Waals surface area contributed by atoms with Gasteiger partial charge in [0.05, 0.1) is 18.2 Å². The number of aromatic hydroxyl groups is 1. The lowest BCUT2D eigenvalue weighted by molar-refractivity contribution is 0.174. The number of benzene rings is 3. The van der Waals surface area contributed by atoms with Gasteiger partial charge in [-0.3, -0.25) is 0 Å². The van der Waals surface area contributed by atoms with Gasteiger partial charge in [-0.15, -0.1) is 0 Å². The van der Waals surface area contributed by atoms with Crippen LogP contribution in [0.5, 0.6) is 23.0 Å². The summed E-state index contributed by atoms with van der Waals surface area (Å²) in [6.45, 7) is 0.212. The molecule has 0 atom stereocenters. The number of nitrogens with zero attached hydrogens (tertiary/aromatic N) is 1. The van der Waals surface area contributed by atoms with Crippen molar-refractivity contribution in [2.75, 3.05) is 13.9 Å². The fourth-order valence-electron chi connectivity index (χ4n) is 3.26. The van der Waals surface area contributed by atoms with Gasteiger partial charge in [0.2, 0.25) is 6.79 Å². The van der Waals surface area contributed by atoms with Crippen LogP contribution in [0.4, 0.5) is 5.69 Å². The summed E-state index contributed by atoms with van der Waals surface area (Å²) >= 11 is 0. The van der Waals surface area contributed by atoms with E-state index in [1.807, 2.05) is 48.5 Å². The van der Waals surface area contributed by atoms with Crippen LogP contribution < -0.4 is 19.6 Å². The number of methoxy groups -OCH3 is 1. The van der Waals surface area contributed by atoms with Crippen molar-refractivity contribution in [1.82, 2.24) is 0 Å². The van der Waals surface area contributed by atoms with Gasteiger partial charge in [-0.25, -0.2) is 4.99 Å². The zero-order valence-corrected chi connectivity index (χ0v) is 15.6. The largest absolute Gasteiger partial charge is 0.508 e. The maximum Gasteiger partial charge on any atom is 0.231 e. The first-order valence-electron chi connectivity index (χ1n) is 9.05. The summed E-state index contributed by atoms with van der Waals surface area (Å²) in [5.41, 5.74) is 2.18. The van der Waals surface area contributed by atoms with Crippen molar-refractivity contribution in [3.63, 3.8) is 0 Å². The Bertz CT molecular complexity index is 1290. The molecule has 0 fully saturated rings. The minimum Gasteiger partial charge on any atom is -0.508 e. The van der Waals surface area contributed by atoms with E-state index in [0.29, 0.717) is 33.6 Å². The second kappa shape index (κ2) is 6.91. The summed E-state index contributed by atoms with van der Waals surface area (Å²) in [5, 5.41) is 11.3. The molecule has 2 heterocycles. The molecular weight excluding hydrogens is 370 g/mol. The van der Waals surface area contributed by atoms with E-state index in [4.69, 9.17) is 23.6 Å². The van der Waals surface area contributed by atoms with Crippen LogP contribution in [0.1, 0.15) is 0 Å². The Morgan fingerprint density at radius 3 is 2.72 bits per heavy atom. The first kappa shape index (κ1) is 17.2. The van der Waals surface area contributed by atoms with Gasteiger partial charge in [0, 0.05) is 23.1 Å². The Labute approximate surface area is 166 Å². The third kappa shape index (κ3) is 3.25. The monoisotopic (exact) mass is 387 g/mol. The lowest BCUT2D eigenvalue weighted by Gasteiger charge is -2.07. The SMILES string of the molecule is COc1cccc(N=c2cc(-c3ccc4c(c3)OCO4)oc3ccc(O)cc23)c1. The summed E-state index contributed by atoms with van der Waals surface area (Å²) in [6.07, 6.45) is 0. The number of phenols is 1. The van der Waals surface area contributed by atoms with Gasteiger partial charge in [0.1, 0.15) is 22.8 Å². The summed E-state index contributed by atoms with van der Waals surface area (Å²) in [4.78, 5) is 4.77. The van der Waals surface area contributed by atoms with Gasteiger partial charge in [0.15, 0.2) is 11.5 Å². The third-order valence-electron chi connectivity index (χ3n) is 4.69. The van der Waals surface area contributed by atoms with Crippen LogP contribution in [-0.2, 0) is 0 Å². The molecule has 1 aromatic heterocycles. The minimum atomic E-state index is 0.144. The number of hydrogen-bond acceptors (Lipinski definition) is 6. The highest BCUT2D eigenvalue weighted by atomic mass is 16.7. The molecule has 0 bridgehead atoms. The van der Waals surface area contributed by atoms with Crippen molar-refractivity contribution >= 4 is 16.7 Å². The second-order valence-electron chi connectivity index (χ2n) is 6.56. The van der Waals surface area contributed by atoms with Crippen LogP contribution in [0.2, 0.25) is 0 Å². The zero-order chi connectivity index (χ0) is 19.8. The Morgan fingerprint density at radius 1 is 0.931 bits per heavy atom. The molecule has 6 heteroatoms. The molecule has 29 heavy (non-hydrogen) atoms. The zero-order valence-electron chi connectivity index (χ0n) is 15.6. The van der Waals surface area contributed by atoms with E-state index in [1.54, 1.807) is 25.3 Å². The van der Waals surface area contributed by atoms with Gasteiger partial charge in [0.25, 0.3) is 0 Å². The quantitative estimate of drug-likeness (QED) is 0.548. The van der Waals surface area contributed by atoms with E-state index in [9.17, 15) is 5.11 Å². The van der Waals surface area contributed by atoms with E-state index in [1.165, 1.54) is 0 Å². The lowest BCUT2D eigenvalue weighted by Crippen LogP contribution is -2.03. The number of hydrogen-bond donors (Lipinski definition) is 1. The van der Waals surface area contributed by atoms with Crippen molar-refractivity contribution in [3.8, 4) is 34.3 Å². The highest BCUT2D eigenvalue weighted by Gasteiger charge is 2.15. The summed E-state index contributed by atoms with van der Waals surface area (Å²) in [5.74, 6) is 2.87. The molecule has 0 spiro atoms. The molecule has 144 valence electrons. The van der Waals surface area contributed by atoms with E-state index in [-0.39, 0.29) is 12.5 Å². The molecule has 0 unspecified atom stereocenters. The van der Waals surface area contributed by atoms with Crippen LogP contribution in [-0.4, -0.2) is 19.0 Å². The number of rotatable bonds is 3. The van der Waals surface area contributed by atoms with Crippen molar-refractivity contribution < 1.29 is 23.7 Å². The molecule has 0 saturated heterocycles. The molecule has 0 aliphatic carbocycles. The normalized spacial score (nSPS) is 13.1. The van der Waals surface area contributed by atoms with Gasteiger partial charge >= 0.3 is 0 Å². The molecular formula is C23H17NO5. The molecule has 6 nitrogen and oxygen atoms in total. The van der Waals surface area contributed by atoms with Crippen molar-refractivity contribution in [3.05, 3.63) is 72.1 Å². The van der Waals surface area contributed by atoms with Crippen molar-refractivity contribution in [2.45, 2.75) is 0 Å². The highest BCUT2D eigenvalue weighted by molar-refractivity contribution is 5.80. The predicted molar refractivity (Wildman–Crippen MR) is 108 cm³/mol. The van der Waals surface area contributed by atoms with Crippen LogP contribution in [0, 0.1) is 0 Å². The smallest absolute Gasteiger partial charge is 0.231 e. The van der Waals surface area contributed by atoms with Gasteiger partial charge in [-0.1, -0.05) is 6.07 Å². The Morgan fingerprint density at radius 2 is 1.83 bits per heavy atom. The van der Waals surface area contributed by atoms with E-state index >= 15 is 0 Å². The Kier molecular flexibility index (Phi) is 4.09. The summed E-state index contributed by atoms with van der Waals surface area (Å²) in [6, 6.07) is 19.9. The van der Waals surface area contributed by atoms with Gasteiger partial charge < -0.3 is 23.7 Å². The Hall–Kier alpha value is -3.93. The first-order chi connectivity index (χ1) is 14.2. The number of fused-ring (bicyclic) bond motifs is 2. The summed E-state index contributed by atoms with van der Waals surface area (Å²) < 4.78 is 22.3. The molecule has 1 N–H and O–H groups in total. The second-order valence-corrected chi connectivity index (χ2v) is 6.56. The maximum atomic E-state index is 9.96.